The molecule has 0 radical (unpaired) electrons. The van der Waals surface area contributed by atoms with Crippen LogP contribution in [-0.4, -0.2) is 28.1 Å². The third-order valence-electron chi connectivity index (χ3n) is 2.47. The fourth-order valence-electron chi connectivity index (χ4n) is 1.30. The molecule has 0 saturated carbocycles. The minimum Gasteiger partial charge on any atom is -0.420 e. The highest BCUT2D eigenvalue weighted by molar-refractivity contribution is 6.73. The topological polar surface area (TPSA) is 38.7 Å². The Morgan fingerprint density at radius 3 is 2.33 bits per heavy atom. The predicted octanol–water partition coefficient (Wildman–Crippen LogP) is 1.95. The third-order valence-corrected chi connectivity index (χ3v) is 7.04. The van der Waals surface area contributed by atoms with Gasteiger partial charge in [0.05, 0.1) is 6.54 Å². The van der Waals surface area contributed by atoms with Crippen molar-refractivity contribution in [1.82, 2.24) is 0 Å². The van der Waals surface area contributed by atoms with E-state index in [0.29, 0.717) is 6.54 Å². The average Bonchev–Trinajstić information content (AvgIpc) is 2.14. The number of rotatable bonds is 6. The smallest absolute Gasteiger partial charge is 0.234 e. The molecule has 0 amide bonds. The van der Waals surface area contributed by atoms with E-state index in [1.807, 2.05) is 0 Å². The lowest BCUT2D eigenvalue weighted by molar-refractivity contribution is 0.392. The minimum atomic E-state index is -1.53. The molecule has 4 heteroatoms. The van der Waals surface area contributed by atoms with Gasteiger partial charge in [-0.15, -0.1) is 0 Å². The highest BCUT2D eigenvalue weighted by Crippen LogP contribution is 2.20. The van der Waals surface area contributed by atoms with Crippen molar-refractivity contribution >= 4 is 14.4 Å². The van der Waals surface area contributed by atoms with Crippen LogP contribution in [0.1, 0.15) is 13.8 Å². The Hall–Kier alpha value is -0.443. The maximum Gasteiger partial charge on any atom is 0.234 e. The average molecular weight is 187 g/mol. The number of hydrogen-bond donors (Lipinski definition) is 0. The Labute approximate surface area is 75.0 Å². The SMILES string of the molecule is CC[Si](CC)(CCN=C=O)OC. The maximum absolute atomic E-state index is 9.84. The number of aliphatic imine (C=N–C) groups is 1. The first-order valence-electron chi connectivity index (χ1n) is 4.33. The summed E-state index contributed by atoms with van der Waals surface area (Å²) in [5.74, 6) is 0. The molecule has 0 atom stereocenters. The van der Waals surface area contributed by atoms with Gasteiger partial charge in [0.25, 0.3) is 0 Å². The zero-order valence-corrected chi connectivity index (χ0v) is 9.09. The number of carbonyl (C=O) groups excluding carboxylic acids is 1. The molecule has 0 aliphatic rings. The second-order valence-electron chi connectivity index (χ2n) is 2.82. The van der Waals surface area contributed by atoms with Gasteiger partial charge < -0.3 is 4.43 Å². The predicted molar refractivity (Wildman–Crippen MR) is 51.5 cm³/mol. The van der Waals surface area contributed by atoms with E-state index in [2.05, 4.69) is 18.8 Å². The van der Waals surface area contributed by atoms with Crippen molar-refractivity contribution in [2.75, 3.05) is 13.7 Å². The second kappa shape index (κ2) is 6.12. The van der Waals surface area contributed by atoms with Crippen molar-refractivity contribution in [2.24, 2.45) is 4.99 Å². The third kappa shape index (κ3) is 3.30. The van der Waals surface area contributed by atoms with E-state index in [4.69, 9.17) is 4.43 Å². The molecule has 0 aliphatic carbocycles. The van der Waals surface area contributed by atoms with Crippen molar-refractivity contribution in [3.05, 3.63) is 0 Å². The maximum atomic E-state index is 9.84. The summed E-state index contributed by atoms with van der Waals surface area (Å²) >= 11 is 0. The molecule has 0 rings (SSSR count). The van der Waals surface area contributed by atoms with Crippen molar-refractivity contribution in [2.45, 2.75) is 32.0 Å². The van der Waals surface area contributed by atoms with Gasteiger partial charge in [-0.1, -0.05) is 13.8 Å². The Kier molecular flexibility index (Phi) is 5.89. The molecule has 0 aromatic heterocycles. The van der Waals surface area contributed by atoms with E-state index < -0.39 is 8.32 Å². The van der Waals surface area contributed by atoms with E-state index >= 15 is 0 Å². The van der Waals surface area contributed by atoms with E-state index in [1.54, 1.807) is 13.2 Å². The molecule has 70 valence electrons. The summed E-state index contributed by atoms with van der Waals surface area (Å²) in [6, 6.07) is 3.12. The quantitative estimate of drug-likeness (QED) is 0.362. The van der Waals surface area contributed by atoms with Crippen LogP contribution in [0.2, 0.25) is 18.1 Å². The number of hydrogen-bond acceptors (Lipinski definition) is 3. The minimum absolute atomic E-state index is 0.575. The molecule has 0 N–H and O–H groups in total. The summed E-state index contributed by atoms with van der Waals surface area (Å²) in [6.45, 7) is 4.86. The standard InChI is InChI=1S/C8H17NO2Si/c1-4-12(5-2,11-3)7-6-9-8-10/h4-7H2,1-3H3. The second-order valence-corrected chi connectivity index (χ2v) is 7.51. The van der Waals surface area contributed by atoms with E-state index in [1.165, 1.54) is 0 Å². The summed E-state index contributed by atoms with van der Waals surface area (Å²) in [7, 11) is 0.240. The molecule has 3 nitrogen and oxygen atoms in total. The summed E-state index contributed by atoms with van der Waals surface area (Å²) in [5.41, 5.74) is 0. The molecular formula is C8H17NO2Si. The Morgan fingerprint density at radius 1 is 1.42 bits per heavy atom. The largest absolute Gasteiger partial charge is 0.420 e. The normalized spacial score (nSPS) is 10.9. The van der Waals surface area contributed by atoms with Crippen molar-refractivity contribution in [3.63, 3.8) is 0 Å². The molecule has 0 spiro atoms. The molecular weight excluding hydrogens is 170 g/mol. The first-order chi connectivity index (χ1) is 5.74. The van der Waals surface area contributed by atoms with Gasteiger partial charge in [0, 0.05) is 7.11 Å². The van der Waals surface area contributed by atoms with Crippen LogP contribution < -0.4 is 0 Å². The molecule has 12 heavy (non-hydrogen) atoms. The Balaban J connectivity index is 4.00. The van der Waals surface area contributed by atoms with Gasteiger partial charge in [-0.3, -0.25) is 0 Å². The Bertz CT molecular complexity index is 154. The van der Waals surface area contributed by atoms with Gasteiger partial charge in [-0.05, 0) is 18.1 Å². The first-order valence-corrected chi connectivity index (χ1v) is 6.86. The molecule has 0 aromatic rings. The summed E-state index contributed by atoms with van der Waals surface area (Å²) in [6.07, 6.45) is 1.55. The van der Waals surface area contributed by atoms with Crippen molar-refractivity contribution in [3.8, 4) is 0 Å². The first kappa shape index (κ1) is 11.6. The van der Waals surface area contributed by atoms with Crippen LogP contribution >= 0.6 is 0 Å². The van der Waals surface area contributed by atoms with Crippen LogP contribution in [0.3, 0.4) is 0 Å². The molecule has 0 unspecified atom stereocenters. The van der Waals surface area contributed by atoms with Gasteiger partial charge in [0.2, 0.25) is 6.08 Å². The fraction of sp³-hybridized carbons (Fsp3) is 0.875. The van der Waals surface area contributed by atoms with E-state index in [-0.39, 0.29) is 0 Å². The van der Waals surface area contributed by atoms with Gasteiger partial charge >= 0.3 is 0 Å². The number of nitrogens with zero attached hydrogens (tertiary/aromatic N) is 1. The number of isocyanates is 1. The van der Waals surface area contributed by atoms with Gasteiger partial charge in [0.15, 0.2) is 8.32 Å². The monoisotopic (exact) mass is 187 g/mol. The van der Waals surface area contributed by atoms with Crippen LogP contribution in [-0.2, 0) is 9.22 Å². The van der Waals surface area contributed by atoms with Crippen LogP contribution in [0.15, 0.2) is 4.99 Å². The van der Waals surface area contributed by atoms with Gasteiger partial charge in [0.1, 0.15) is 0 Å². The van der Waals surface area contributed by atoms with E-state index in [9.17, 15) is 4.79 Å². The molecule has 0 heterocycles. The summed E-state index contributed by atoms with van der Waals surface area (Å²) < 4.78 is 5.53. The summed E-state index contributed by atoms with van der Waals surface area (Å²) in [5, 5.41) is 0. The van der Waals surface area contributed by atoms with E-state index in [0.717, 1.165) is 18.1 Å². The van der Waals surface area contributed by atoms with Gasteiger partial charge in [-0.2, -0.15) is 0 Å². The lowest BCUT2D eigenvalue weighted by Gasteiger charge is -2.25. The molecule has 0 aromatic carbocycles. The lowest BCUT2D eigenvalue weighted by Crippen LogP contribution is -2.35. The van der Waals surface area contributed by atoms with Crippen molar-refractivity contribution in [1.29, 1.82) is 0 Å². The Morgan fingerprint density at radius 2 is 2.00 bits per heavy atom. The molecule has 0 fully saturated rings. The van der Waals surface area contributed by atoms with Crippen LogP contribution in [0.4, 0.5) is 0 Å². The van der Waals surface area contributed by atoms with Gasteiger partial charge in [-0.25, -0.2) is 9.79 Å². The zero-order chi connectivity index (χ0) is 9.45. The zero-order valence-electron chi connectivity index (χ0n) is 8.09. The highest BCUT2D eigenvalue weighted by atomic mass is 28.4. The van der Waals surface area contributed by atoms with Crippen LogP contribution in [0.25, 0.3) is 0 Å². The lowest BCUT2D eigenvalue weighted by atomic mass is 10.8. The van der Waals surface area contributed by atoms with Crippen molar-refractivity contribution < 1.29 is 9.22 Å². The fourth-order valence-corrected chi connectivity index (χ4v) is 3.81. The van der Waals surface area contributed by atoms with Crippen LogP contribution in [0, 0.1) is 0 Å². The highest BCUT2D eigenvalue weighted by Gasteiger charge is 2.28. The molecule has 0 saturated heterocycles. The summed E-state index contributed by atoms with van der Waals surface area (Å²) in [4.78, 5) is 13.4. The molecule has 0 aliphatic heterocycles. The van der Waals surface area contributed by atoms with Crippen LogP contribution in [0.5, 0.6) is 0 Å². The molecule has 0 bridgehead atoms.